The van der Waals surface area contributed by atoms with Crippen molar-refractivity contribution in [3.8, 4) is 0 Å². The van der Waals surface area contributed by atoms with Gasteiger partial charge in [-0.15, -0.1) is 0 Å². The van der Waals surface area contributed by atoms with Crippen LogP contribution in [0.1, 0.15) is 0 Å². The molecule has 0 aliphatic rings. The number of hydrogen-bond acceptors (Lipinski definition) is 2. The lowest BCUT2D eigenvalue weighted by Crippen LogP contribution is -2.67. The molecule has 0 aliphatic carbocycles. The van der Waals surface area contributed by atoms with E-state index in [-0.39, 0.29) is 0 Å². The van der Waals surface area contributed by atoms with Gasteiger partial charge in [0.1, 0.15) is 0 Å². The fourth-order valence-electron chi connectivity index (χ4n) is 0.731. The molecule has 3 nitrogen and oxygen atoms in total. The summed E-state index contributed by atoms with van der Waals surface area (Å²) in [6.45, 7) is 0. The zero-order valence-corrected chi connectivity index (χ0v) is 7.89. The predicted molar refractivity (Wildman–Crippen MR) is 32.8 cm³/mol. The maximum Gasteiger partial charge on any atom is 0.437 e. The molecule has 0 radical (unpaired) electrons. The fourth-order valence-corrected chi connectivity index (χ4v) is 1.23. The first kappa shape index (κ1) is 16.4. The molecule has 0 saturated carbocycles. The largest absolute Gasteiger partial charge is 0.437 e. The molecule has 0 bridgehead atoms. The lowest BCUT2D eigenvalue weighted by Gasteiger charge is -2.36. The number of alkyl halides is 9. The summed E-state index contributed by atoms with van der Waals surface area (Å²) in [5.74, 6) is 0. The smallest absolute Gasteiger partial charge is 0.284 e. The molecule has 0 heterocycles. The van der Waals surface area contributed by atoms with Gasteiger partial charge in [0.05, 0.1) is 0 Å². The van der Waals surface area contributed by atoms with E-state index in [0.717, 1.165) is 0 Å². The predicted octanol–water partition coefficient (Wildman–Crippen LogP) is 2.57. The average molecular weight is 300 g/mol. The van der Waals surface area contributed by atoms with Crippen LogP contribution in [0.25, 0.3) is 0 Å². The standard InChI is InChI=1S/C4HF9O3S/c5-2(6,7)1(3(8,9)10,4(11,12)13)16-17(14)15/h(H,14,15). The Morgan fingerprint density at radius 3 is 1.06 bits per heavy atom. The number of halogens is 9. The number of rotatable bonds is 2. The summed E-state index contributed by atoms with van der Waals surface area (Å²) in [4.78, 5) is 0. The highest BCUT2D eigenvalue weighted by Crippen LogP contribution is 2.55. The molecule has 17 heavy (non-hydrogen) atoms. The molecule has 1 N–H and O–H groups in total. The monoisotopic (exact) mass is 300 g/mol. The quantitative estimate of drug-likeness (QED) is 0.630. The van der Waals surface area contributed by atoms with Crippen LogP contribution in [-0.4, -0.2) is 32.9 Å². The van der Waals surface area contributed by atoms with Gasteiger partial charge in [0, 0.05) is 0 Å². The third-order valence-electron chi connectivity index (χ3n) is 1.39. The molecule has 13 heteroatoms. The zero-order valence-electron chi connectivity index (χ0n) is 7.07. The minimum absolute atomic E-state index is 2.18. The molecule has 0 aromatic carbocycles. The van der Waals surface area contributed by atoms with E-state index in [2.05, 4.69) is 4.18 Å². The maximum atomic E-state index is 11.9. The Morgan fingerprint density at radius 1 is 0.765 bits per heavy atom. The topological polar surface area (TPSA) is 46.5 Å². The van der Waals surface area contributed by atoms with Crippen molar-refractivity contribution in [2.45, 2.75) is 24.1 Å². The van der Waals surface area contributed by atoms with Crippen LogP contribution in [-0.2, 0) is 15.5 Å². The van der Waals surface area contributed by atoms with Crippen LogP contribution >= 0.6 is 0 Å². The van der Waals surface area contributed by atoms with E-state index in [9.17, 15) is 43.7 Å². The molecule has 1 unspecified atom stereocenters. The average Bonchev–Trinajstić information content (AvgIpc) is 1.91. The summed E-state index contributed by atoms with van der Waals surface area (Å²) >= 11 is -4.43. The van der Waals surface area contributed by atoms with Gasteiger partial charge < -0.3 is 0 Å². The van der Waals surface area contributed by atoms with Crippen molar-refractivity contribution in [3.63, 3.8) is 0 Å². The first-order valence-corrected chi connectivity index (χ1v) is 4.20. The molecule has 0 saturated heterocycles. The first-order chi connectivity index (χ1) is 7.17. The van der Waals surface area contributed by atoms with Gasteiger partial charge in [-0.05, 0) is 0 Å². The van der Waals surface area contributed by atoms with Crippen LogP contribution in [0.5, 0.6) is 0 Å². The minimum Gasteiger partial charge on any atom is -0.284 e. The molecule has 0 spiro atoms. The summed E-state index contributed by atoms with van der Waals surface area (Å²) in [5.41, 5.74) is -6.72. The summed E-state index contributed by atoms with van der Waals surface area (Å²) in [6, 6.07) is 0. The van der Waals surface area contributed by atoms with E-state index in [0.29, 0.717) is 0 Å². The molecule has 0 aromatic heterocycles. The van der Waals surface area contributed by atoms with Gasteiger partial charge in [-0.2, -0.15) is 43.7 Å². The van der Waals surface area contributed by atoms with Crippen molar-refractivity contribution in [3.05, 3.63) is 0 Å². The highest BCUT2D eigenvalue weighted by Gasteiger charge is 2.86. The molecule has 0 amide bonds. The van der Waals surface area contributed by atoms with E-state index in [4.69, 9.17) is 4.55 Å². The second kappa shape index (κ2) is 4.28. The van der Waals surface area contributed by atoms with Crippen molar-refractivity contribution in [2.24, 2.45) is 0 Å². The van der Waals surface area contributed by atoms with Gasteiger partial charge >= 0.3 is 35.5 Å². The Kier molecular flexibility index (Phi) is 4.13. The van der Waals surface area contributed by atoms with Crippen LogP contribution < -0.4 is 0 Å². The third-order valence-corrected chi connectivity index (χ3v) is 1.79. The van der Waals surface area contributed by atoms with E-state index in [1.807, 2.05) is 0 Å². The van der Waals surface area contributed by atoms with Gasteiger partial charge in [0.2, 0.25) is 0 Å². The Labute approximate surface area is 89.0 Å². The summed E-state index contributed by atoms with van der Waals surface area (Å²) in [5, 5.41) is 0. The van der Waals surface area contributed by atoms with Crippen LogP contribution in [0.3, 0.4) is 0 Å². The van der Waals surface area contributed by atoms with Crippen LogP contribution in [0.4, 0.5) is 39.5 Å². The molecular formula is C4HF9O3S. The molecule has 104 valence electrons. The van der Waals surface area contributed by atoms with E-state index < -0.39 is 35.5 Å². The highest BCUT2D eigenvalue weighted by molar-refractivity contribution is 7.74. The Bertz CT molecular complexity index is 265. The summed E-state index contributed by atoms with van der Waals surface area (Å²) < 4.78 is 127. The van der Waals surface area contributed by atoms with E-state index >= 15 is 0 Å². The van der Waals surface area contributed by atoms with Crippen LogP contribution in [0.2, 0.25) is 0 Å². The minimum atomic E-state index is -7.01. The van der Waals surface area contributed by atoms with Crippen molar-refractivity contribution in [1.82, 2.24) is 0 Å². The second-order valence-corrected chi connectivity index (χ2v) is 3.08. The molecular weight excluding hydrogens is 299 g/mol. The lowest BCUT2D eigenvalue weighted by atomic mass is 10.0. The maximum absolute atomic E-state index is 11.9. The van der Waals surface area contributed by atoms with Gasteiger partial charge in [0.25, 0.3) is 0 Å². The van der Waals surface area contributed by atoms with E-state index in [1.54, 1.807) is 0 Å². The van der Waals surface area contributed by atoms with Crippen LogP contribution in [0, 0.1) is 0 Å². The first-order valence-electron chi connectivity index (χ1n) is 3.17. The summed E-state index contributed by atoms with van der Waals surface area (Å²) in [7, 11) is 0. The normalized spacial score (nSPS) is 17.1. The van der Waals surface area contributed by atoms with Crippen molar-refractivity contribution >= 4 is 11.4 Å². The molecule has 0 fully saturated rings. The van der Waals surface area contributed by atoms with Gasteiger partial charge in [-0.3, -0.25) is 4.55 Å². The van der Waals surface area contributed by atoms with Crippen molar-refractivity contribution in [2.75, 3.05) is 0 Å². The lowest BCUT2D eigenvalue weighted by molar-refractivity contribution is -0.436. The number of hydrogen-bond donors (Lipinski definition) is 1. The Hall–Kier alpha value is -0.560. The fraction of sp³-hybridized carbons (Fsp3) is 1.00. The highest BCUT2D eigenvalue weighted by atomic mass is 32.2. The van der Waals surface area contributed by atoms with E-state index in [1.165, 1.54) is 0 Å². The molecule has 0 rings (SSSR count). The zero-order chi connectivity index (χ0) is 14.3. The third kappa shape index (κ3) is 2.82. The van der Waals surface area contributed by atoms with Crippen LogP contribution in [0.15, 0.2) is 0 Å². The van der Waals surface area contributed by atoms with Gasteiger partial charge in [-0.1, -0.05) is 0 Å². The molecule has 0 aliphatic heterocycles. The van der Waals surface area contributed by atoms with Gasteiger partial charge in [-0.25, -0.2) is 4.18 Å². The second-order valence-electron chi connectivity index (χ2n) is 2.47. The van der Waals surface area contributed by atoms with Crippen molar-refractivity contribution < 1.29 is 52.5 Å². The summed E-state index contributed by atoms with van der Waals surface area (Å²) in [6.07, 6.45) is -21.0. The molecule has 1 atom stereocenters. The van der Waals surface area contributed by atoms with Crippen molar-refractivity contribution in [1.29, 1.82) is 0 Å². The molecule has 0 aromatic rings. The van der Waals surface area contributed by atoms with Gasteiger partial charge in [0.15, 0.2) is 0 Å². The Morgan fingerprint density at radius 2 is 1.00 bits per heavy atom. The Balaban J connectivity index is 6.02. The SMILES string of the molecule is O=S(O)OC(C(F)(F)F)(C(F)(F)F)C(F)(F)F.